The standard InChI is InChI=1S/C18H20N2O3S/c1-13-7-9-15(10-8-13)24(22,23)20-16(11-12-17(20)18(19)21)14-5-3-2-4-6-14/h2-10,16-17H,11-12H2,1H3,(H2,19,21). The number of benzene rings is 2. The van der Waals surface area contributed by atoms with Gasteiger partial charge in [-0.15, -0.1) is 0 Å². The Bertz CT molecular complexity index is 832. The van der Waals surface area contributed by atoms with Gasteiger partial charge in [-0.25, -0.2) is 8.42 Å². The number of hydrogen-bond donors (Lipinski definition) is 1. The molecule has 1 heterocycles. The van der Waals surface area contributed by atoms with Gasteiger partial charge in [0.05, 0.1) is 10.9 Å². The number of hydrogen-bond acceptors (Lipinski definition) is 3. The Morgan fingerprint density at radius 2 is 1.67 bits per heavy atom. The van der Waals surface area contributed by atoms with Crippen LogP contribution in [0, 0.1) is 6.92 Å². The van der Waals surface area contributed by atoms with E-state index in [1.165, 1.54) is 4.31 Å². The highest BCUT2D eigenvalue weighted by Gasteiger charge is 2.45. The van der Waals surface area contributed by atoms with Crippen molar-refractivity contribution in [1.29, 1.82) is 0 Å². The van der Waals surface area contributed by atoms with E-state index in [2.05, 4.69) is 0 Å². The molecule has 0 aromatic heterocycles. The van der Waals surface area contributed by atoms with Crippen LogP contribution in [0.4, 0.5) is 0 Å². The van der Waals surface area contributed by atoms with Gasteiger partial charge in [0.1, 0.15) is 6.04 Å². The molecular weight excluding hydrogens is 324 g/mol. The van der Waals surface area contributed by atoms with E-state index in [9.17, 15) is 13.2 Å². The SMILES string of the molecule is Cc1ccc(S(=O)(=O)N2C(C(N)=O)CCC2c2ccccc2)cc1. The van der Waals surface area contributed by atoms with Crippen LogP contribution in [0.3, 0.4) is 0 Å². The number of carbonyl (C=O) groups excluding carboxylic acids is 1. The zero-order valence-corrected chi connectivity index (χ0v) is 14.2. The highest BCUT2D eigenvalue weighted by atomic mass is 32.2. The second-order valence-corrected chi connectivity index (χ2v) is 7.91. The number of aryl methyl sites for hydroxylation is 1. The van der Waals surface area contributed by atoms with Crippen LogP contribution in [-0.4, -0.2) is 24.7 Å². The molecule has 1 saturated heterocycles. The minimum absolute atomic E-state index is 0.183. The van der Waals surface area contributed by atoms with Crippen molar-refractivity contribution >= 4 is 15.9 Å². The smallest absolute Gasteiger partial charge is 0.244 e. The predicted molar refractivity (Wildman–Crippen MR) is 91.6 cm³/mol. The summed E-state index contributed by atoms with van der Waals surface area (Å²) >= 11 is 0. The zero-order chi connectivity index (χ0) is 17.3. The highest BCUT2D eigenvalue weighted by molar-refractivity contribution is 7.89. The Kier molecular flexibility index (Phi) is 4.43. The summed E-state index contributed by atoms with van der Waals surface area (Å²) in [4.78, 5) is 12.0. The van der Waals surface area contributed by atoms with Gasteiger partial charge < -0.3 is 5.73 Å². The number of sulfonamides is 1. The Balaban J connectivity index is 2.07. The molecule has 2 atom stereocenters. The van der Waals surface area contributed by atoms with E-state index in [4.69, 9.17) is 5.73 Å². The molecule has 0 bridgehead atoms. The molecule has 0 saturated carbocycles. The number of nitrogens with two attached hydrogens (primary N) is 1. The minimum atomic E-state index is -3.81. The molecule has 2 aromatic rings. The molecule has 1 fully saturated rings. The lowest BCUT2D eigenvalue weighted by Gasteiger charge is -2.28. The van der Waals surface area contributed by atoms with Crippen molar-refractivity contribution in [1.82, 2.24) is 4.31 Å². The van der Waals surface area contributed by atoms with E-state index < -0.39 is 22.0 Å². The Morgan fingerprint density at radius 1 is 1.04 bits per heavy atom. The van der Waals surface area contributed by atoms with Gasteiger partial charge in [0, 0.05) is 0 Å². The zero-order valence-electron chi connectivity index (χ0n) is 13.4. The van der Waals surface area contributed by atoms with E-state index in [1.807, 2.05) is 37.3 Å². The maximum absolute atomic E-state index is 13.2. The van der Waals surface area contributed by atoms with Crippen LogP contribution in [0.5, 0.6) is 0 Å². The third-order valence-corrected chi connectivity index (χ3v) is 6.37. The van der Waals surface area contributed by atoms with Gasteiger partial charge in [-0.1, -0.05) is 48.0 Å². The first-order valence-electron chi connectivity index (χ1n) is 7.86. The fourth-order valence-corrected chi connectivity index (χ4v) is 5.04. The van der Waals surface area contributed by atoms with Crippen LogP contribution < -0.4 is 5.73 Å². The van der Waals surface area contributed by atoms with Gasteiger partial charge in [-0.05, 0) is 37.5 Å². The van der Waals surface area contributed by atoms with Gasteiger partial charge in [-0.2, -0.15) is 4.31 Å². The molecule has 1 aliphatic rings. The topological polar surface area (TPSA) is 80.5 Å². The van der Waals surface area contributed by atoms with Crippen LogP contribution in [0.1, 0.15) is 30.0 Å². The first-order valence-corrected chi connectivity index (χ1v) is 9.30. The normalized spacial score (nSPS) is 21.7. The number of nitrogens with zero attached hydrogens (tertiary/aromatic N) is 1. The van der Waals surface area contributed by atoms with Crippen LogP contribution in [0.15, 0.2) is 59.5 Å². The van der Waals surface area contributed by atoms with E-state index >= 15 is 0 Å². The largest absolute Gasteiger partial charge is 0.368 e. The summed E-state index contributed by atoms with van der Waals surface area (Å²) in [7, 11) is -3.81. The summed E-state index contributed by atoms with van der Waals surface area (Å²) in [5, 5.41) is 0. The van der Waals surface area contributed by atoms with Gasteiger partial charge in [-0.3, -0.25) is 4.79 Å². The van der Waals surface area contributed by atoms with Crippen molar-refractivity contribution in [3.05, 3.63) is 65.7 Å². The summed E-state index contributed by atoms with van der Waals surface area (Å²) < 4.78 is 27.6. The molecule has 6 heteroatoms. The molecule has 5 nitrogen and oxygen atoms in total. The maximum atomic E-state index is 13.2. The molecule has 0 spiro atoms. The fraction of sp³-hybridized carbons (Fsp3) is 0.278. The Morgan fingerprint density at radius 3 is 2.25 bits per heavy atom. The third kappa shape index (κ3) is 2.95. The second kappa shape index (κ2) is 6.37. The number of rotatable bonds is 4. The third-order valence-electron chi connectivity index (χ3n) is 4.44. The van der Waals surface area contributed by atoms with Gasteiger partial charge in [0.15, 0.2) is 0 Å². The Labute approximate surface area is 142 Å². The Hall–Kier alpha value is -2.18. The molecule has 24 heavy (non-hydrogen) atoms. The van der Waals surface area contributed by atoms with E-state index in [0.717, 1.165) is 11.1 Å². The molecule has 126 valence electrons. The lowest BCUT2D eigenvalue weighted by molar-refractivity contribution is -0.121. The average molecular weight is 344 g/mol. The van der Waals surface area contributed by atoms with E-state index in [1.54, 1.807) is 24.3 Å². The predicted octanol–water partition coefficient (Wildman–Crippen LogP) is 2.37. The molecule has 2 unspecified atom stereocenters. The molecule has 1 amide bonds. The monoisotopic (exact) mass is 344 g/mol. The summed E-state index contributed by atoms with van der Waals surface area (Å²) in [6.07, 6.45) is 1.00. The fourth-order valence-electron chi connectivity index (χ4n) is 3.21. The molecule has 2 N–H and O–H groups in total. The van der Waals surface area contributed by atoms with Gasteiger partial charge in [0.2, 0.25) is 15.9 Å². The van der Waals surface area contributed by atoms with Crippen LogP contribution in [-0.2, 0) is 14.8 Å². The van der Waals surface area contributed by atoms with Gasteiger partial charge in [0.25, 0.3) is 0 Å². The van der Waals surface area contributed by atoms with Crippen LogP contribution in [0.25, 0.3) is 0 Å². The summed E-state index contributed by atoms with van der Waals surface area (Å²) in [5.41, 5.74) is 7.33. The lowest BCUT2D eigenvalue weighted by Crippen LogP contribution is -2.44. The van der Waals surface area contributed by atoms with Crippen molar-refractivity contribution in [3.8, 4) is 0 Å². The van der Waals surface area contributed by atoms with Gasteiger partial charge >= 0.3 is 0 Å². The average Bonchev–Trinajstić information content (AvgIpc) is 3.02. The summed E-state index contributed by atoms with van der Waals surface area (Å²) in [5.74, 6) is -0.607. The maximum Gasteiger partial charge on any atom is 0.244 e. The summed E-state index contributed by atoms with van der Waals surface area (Å²) in [6.45, 7) is 1.89. The molecule has 2 aromatic carbocycles. The van der Waals surface area contributed by atoms with E-state index in [0.29, 0.717) is 12.8 Å². The lowest BCUT2D eigenvalue weighted by atomic mass is 10.1. The van der Waals surface area contributed by atoms with Crippen LogP contribution >= 0.6 is 0 Å². The van der Waals surface area contributed by atoms with Crippen molar-refractivity contribution in [2.75, 3.05) is 0 Å². The van der Waals surface area contributed by atoms with E-state index in [-0.39, 0.29) is 10.9 Å². The molecule has 1 aliphatic heterocycles. The second-order valence-electron chi connectivity index (χ2n) is 6.07. The van der Waals surface area contributed by atoms with Crippen molar-refractivity contribution in [3.63, 3.8) is 0 Å². The number of carbonyl (C=O) groups is 1. The quantitative estimate of drug-likeness (QED) is 0.924. The molecular formula is C18H20N2O3S. The van der Waals surface area contributed by atoms with Crippen molar-refractivity contribution in [2.45, 2.75) is 36.7 Å². The molecule has 3 rings (SSSR count). The molecule has 0 aliphatic carbocycles. The summed E-state index contributed by atoms with van der Waals surface area (Å²) in [6, 6.07) is 14.8. The van der Waals surface area contributed by atoms with Crippen molar-refractivity contribution in [2.24, 2.45) is 5.73 Å². The van der Waals surface area contributed by atoms with Crippen LogP contribution in [0.2, 0.25) is 0 Å². The first-order chi connectivity index (χ1) is 11.4. The molecule has 0 radical (unpaired) electrons. The first kappa shape index (κ1) is 16.7. The van der Waals surface area contributed by atoms with Crippen molar-refractivity contribution < 1.29 is 13.2 Å². The number of amides is 1. The minimum Gasteiger partial charge on any atom is -0.368 e. The number of primary amides is 1. The highest BCUT2D eigenvalue weighted by Crippen LogP contribution is 2.40.